The second-order valence-corrected chi connectivity index (χ2v) is 11.0. The van der Waals surface area contributed by atoms with Gasteiger partial charge in [0, 0.05) is 5.56 Å². The molecule has 0 radical (unpaired) electrons. The summed E-state index contributed by atoms with van der Waals surface area (Å²) in [6, 6.07) is 21.6. The number of hydrogen-bond donors (Lipinski definition) is 1. The first-order valence-electron chi connectivity index (χ1n) is 13.3. The van der Waals surface area contributed by atoms with Crippen molar-refractivity contribution < 1.29 is 24.2 Å². The minimum absolute atomic E-state index is 0.00751. The lowest BCUT2D eigenvalue weighted by atomic mass is 9.55. The Bertz CT molecular complexity index is 1320. The molecule has 3 aromatic carbocycles. The molecule has 1 N–H and O–H groups in total. The van der Waals surface area contributed by atoms with Crippen LogP contribution < -0.4 is 9.47 Å². The molecule has 0 aliphatic heterocycles. The summed E-state index contributed by atoms with van der Waals surface area (Å²) in [5, 5.41) is 10.7. The van der Waals surface area contributed by atoms with Crippen molar-refractivity contribution in [3.05, 3.63) is 95.1 Å². The van der Waals surface area contributed by atoms with Gasteiger partial charge < -0.3 is 14.6 Å². The van der Waals surface area contributed by atoms with Crippen LogP contribution in [0.25, 0.3) is 0 Å². The lowest BCUT2D eigenvalue weighted by Gasteiger charge is -2.50. The smallest absolute Gasteiger partial charge is 0.343 e. The van der Waals surface area contributed by atoms with Crippen molar-refractivity contribution in [3.8, 4) is 11.5 Å². The van der Waals surface area contributed by atoms with Crippen molar-refractivity contribution in [3.63, 3.8) is 0 Å². The van der Waals surface area contributed by atoms with E-state index in [4.69, 9.17) is 9.47 Å². The fourth-order valence-corrected chi connectivity index (χ4v) is 7.24. The molecule has 0 bridgehead atoms. The van der Waals surface area contributed by atoms with Crippen molar-refractivity contribution >= 4 is 11.9 Å². The Morgan fingerprint density at radius 1 is 0.811 bits per heavy atom. The molecule has 3 aliphatic carbocycles. The van der Waals surface area contributed by atoms with Gasteiger partial charge in [0.2, 0.25) is 0 Å². The second kappa shape index (κ2) is 9.46. The maximum absolute atomic E-state index is 13.1. The van der Waals surface area contributed by atoms with Crippen molar-refractivity contribution in [1.82, 2.24) is 0 Å². The van der Waals surface area contributed by atoms with Crippen LogP contribution in [0.3, 0.4) is 0 Å². The Labute approximate surface area is 217 Å². The first kappa shape index (κ1) is 23.9. The zero-order valence-corrected chi connectivity index (χ0v) is 21.1. The van der Waals surface area contributed by atoms with E-state index in [1.807, 2.05) is 12.1 Å². The zero-order valence-electron chi connectivity index (χ0n) is 21.1. The summed E-state index contributed by atoms with van der Waals surface area (Å²) in [6.07, 6.45) is 5.43. The first-order valence-corrected chi connectivity index (χ1v) is 13.3. The van der Waals surface area contributed by atoms with Gasteiger partial charge >= 0.3 is 11.9 Å². The van der Waals surface area contributed by atoms with E-state index in [1.54, 1.807) is 54.6 Å². The summed E-state index contributed by atoms with van der Waals surface area (Å²) < 4.78 is 11.8. The van der Waals surface area contributed by atoms with Crippen LogP contribution in [0, 0.1) is 17.3 Å². The van der Waals surface area contributed by atoms with E-state index in [9.17, 15) is 14.7 Å². The largest absolute Gasteiger partial charge is 0.419 e. The maximum atomic E-state index is 13.1. The normalized spacial score (nSPS) is 27.9. The van der Waals surface area contributed by atoms with Gasteiger partial charge in [-0.1, -0.05) is 49.4 Å². The van der Waals surface area contributed by atoms with Gasteiger partial charge in [-0.15, -0.1) is 0 Å². The van der Waals surface area contributed by atoms with Gasteiger partial charge in [-0.25, -0.2) is 9.59 Å². The van der Waals surface area contributed by atoms with Crippen LogP contribution in [-0.2, 0) is 6.42 Å². The molecule has 3 aliphatic rings. The highest BCUT2D eigenvalue weighted by Crippen LogP contribution is 2.61. The number of aliphatic hydroxyl groups excluding tert-OH is 1. The van der Waals surface area contributed by atoms with Gasteiger partial charge in [-0.3, -0.25) is 0 Å². The molecule has 6 rings (SSSR count). The van der Waals surface area contributed by atoms with Crippen LogP contribution in [0.15, 0.2) is 72.8 Å². The van der Waals surface area contributed by atoms with Crippen LogP contribution in [0.5, 0.6) is 11.5 Å². The van der Waals surface area contributed by atoms with E-state index in [-0.39, 0.29) is 17.3 Å². The number of carbonyl (C=O) groups is 2. The SMILES string of the molecule is C[C@]12CC[C@@H]3c4ccc(OC(=O)c5ccccc5)c(OC(=O)c5ccccc5)c4CC[C@H]3[C@@H]1CC[C@@H]2O. The average molecular weight is 497 g/mol. The molecule has 0 amide bonds. The van der Waals surface area contributed by atoms with Crippen molar-refractivity contribution in [2.45, 2.75) is 57.5 Å². The van der Waals surface area contributed by atoms with Crippen molar-refractivity contribution in [2.24, 2.45) is 17.3 Å². The summed E-state index contributed by atoms with van der Waals surface area (Å²) >= 11 is 0. The van der Waals surface area contributed by atoms with E-state index in [0.717, 1.165) is 44.1 Å². The highest BCUT2D eigenvalue weighted by atomic mass is 16.6. The van der Waals surface area contributed by atoms with Crippen LogP contribution >= 0.6 is 0 Å². The molecule has 5 nitrogen and oxygen atoms in total. The molecule has 3 aromatic rings. The molecule has 2 fully saturated rings. The average Bonchev–Trinajstić information content (AvgIpc) is 3.24. The zero-order chi connectivity index (χ0) is 25.6. The van der Waals surface area contributed by atoms with Gasteiger partial charge in [0.15, 0.2) is 11.5 Å². The third-order valence-corrected chi connectivity index (χ3v) is 9.19. The highest BCUT2D eigenvalue weighted by Gasteiger charge is 2.54. The predicted octanol–water partition coefficient (Wildman–Crippen LogP) is 6.34. The Balaban J connectivity index is 1.37. The Morgan fingerprint density at radius 3 is 2.14 bits per heavy atom. The lowest BCUT2D eigenvalue weighted by Crippen LogP contribution is -2.44. The molecule has 0 spiro atoms. The van der Waals surface area contributed by atoms with Gasteiger partial charge in [0.05, 0.1) is 17.2 Å². The van der Waals surface area contributed by atoms with E-state index >= 15 is 0 Å². The van der Waals surface area contributed by atoms with Gasteiger partial charge in [-0.05, 0) is 97.6 Å². The molecule has 190 valence electrons. The number of benzene rings is 3. The Kier molecular flexibility index (Phi) is 6.12. The fraction of sp³-hybridized carbons (Fsp3) is 0.375. The number of fused-ring (bicyclic) bond motifs is 5. The minimum Gasteiger partial charge on any atom is -0.419 e. The predicted molar refractivity (Wildman–Crippen MR) is 140 cm³/mol. The molecule has 0 aromatic heterocycles. The number of carbonyl (C=O) groups excluding carboxylic acids is 2. The molecule has 0 saturated heterocycles. The van der Waals surface area contributed by atoms with Crippen LogP contribution in [0.1, 0.15) is 76.8 Å². The molecule has 5 atom stereocenters. The number of hydrogen-bond acceptors (Lipinski definition) is 5. The molecule has 37 heavy (non-hydrogen) atoms. The minimum atomic E-state index is -0.486. The molecule has 2 saturated carbocycles. The fourth-order valence-electron chi connectivity index (χ4n) is 7.24. The second-order valence-electron chi connectivity index (χ2n) is 11.0. The van der Waals surface area contributed by atoms with E-state index < -0.39 is 11.9 Å². The molecule has 0 heterocycles. The Morgan fingerprint density at radius 2 is 1.46 bits per heavy atom. The molecular formula is C32H32O5. The van der Waals surface area contributed by atoms with Crippen LogP contribution in [0.2, 0.25) is 0 Å². The van der Waals surface area contributed by atoms with E-state index in [2.05, 4.69) is 13.0 Å². The van der Waals surface area contributed by atoms with Gasteiger partial charge in [-0.2, -0.15) is 0 Å². The topological polar surface area (TPSA) is 72.8 Å². The monoisotopic (exact) mass is 496 g/mol. The molecule has 5 heteroatoms. The molecule has 0 unspecified atom stereocenters. The van der Waals surface area contributed by atoms with Crippen molar-refractivity contribution in [2.75, 3.05) is 0 Å². The lowest BCUT2D eigenvalue weighted by molar-refractivity contribution is -0.0227. The maximum Gasteiger partial charge on any atom is 0.343 e. The summed E-state index contributed by atoms with van der Waals surface area (Å²) in [6.45, 7) is 2.26. The van der Waals surface area contributed by atoms with Crippen LogP contribution in [-0.4, -0.2) is 23.1 Å². The van der Waals surface area contributed by atoms with Gasteiger partial charge in [0.1, 0.15) is 0 Å². The highest BCUT2D eigenvalue weighted by molar-refractivity contribution is 5.93. The first-order chi connectivity index (χ1) is 18.0. The third kappa shape index (κ3) is 4.15. The third-order valence-electron chi connectivity index (χ3n) is 9.19. The van der Waals surface area contributed by atoms with E-state index in [0.29, 0.717) is 34.6 Å². The number of aliphatic hydroxyl groups is 1. The standard InChI is InChI=1S/C32H32O5/c1-32-19-18-23-22-14-16-27(36-30(34)20-8-4-2-5-9-20)29(37-31(35)21-10-6-3-7-11-21)25(22)13-12-24(23)26(32)15-17-28(32)33/h2-11,14,16,23-24,26,28,33H,12-13,15,17-19H2,1H3/t23-,24-,26+,28+,32+/m1/s1. The number of esters is 2. The quantitative estimate of drug-likeness (QED) is 0.337. The summed E-state index contributed by atoms with van der Waals surface area (Å²) in [5.74, 6) is 1.02. The summed E-state index contributed by atoms with van der Waals surface area (Å²) in [7, 11) is 0. The summed E-state index contributed by atoms with van der Waals surface area (Å²) in [5.41, 5.74) is 3.03. The van der Waals surface area contributed by atoms with E-state index in [1.165, 1.54) is 5.56 Å². The Hall–Kier alpha value is -3.44. The van der Waals surface area contributed by atoms with Gasteiger partial charge in [0.25, 0.3) is 0 Å². The van der Waals surface area contributed by atoms with Crippen molar-refractivity contribution in [1.29, 1.82) is 0 Å². The van der Waals surface area contributed by atoms with Crippen LogP contribution in [0.4, 0.5) is 0 Å². The number of ether oxygens (including phenoxy) is 2. The number of rotatable bonds is 4. The summed E-state index contributed by atoms with van der Waals surface area (Å²) in [4.78, 5) is 26.1. The molecular weight excluding hydrogens is 464 g/mol.